The lowest BCUT2D eigenvalue weighted by Crippen LogP contribution is -2.06. The minimum absolute atomic E-state index is 0.392. The van der Waals surface area contributed by atoms with E-state index in [1.807, 2.05) is 38.1 Å². The molecular weight excluding hydrogens is 324 g/mol. The van der Waals surface area contributed by atoms with Crippen molar-refractivity contribution in [3.63, 3.8) is 0 Å². The van der Waals surface area contributed by atoms with E-state index in [-0.39, 0.29) is 0 Å². The average Bonchev–Trinajstić information content (AvgIpc) is 2.58. The quantitative estimate of drug-likeness (QED) is 0.733. The van der Waals surface area contributed by atoms with Crippen molar-refractivity contribution in [3.8, 4) is 0 Å². The maximum Gasteiger partial charge on any atom is 0.249 e. The summed E-state index contributed by atoms with van der Waals surface area (Å²) in [6.07, 6.45) is 5.09. The van der Waals surface area contributed by atoms with Gasteiger partial charge in [0.2, 0.25) is 5.95 Å². The monoisotopic (exact) mass is 340 g/mol. The zero-order chi connectivity index (χ0) is 16.9. The van der Waals surface area contributed by atoms with Gasteiger partial charge in [-0.05, 0) is 48.7 Å². The summed E-state index contributed by atoms with van der Waals surface area (Å²) in [4.78, 5) is 8.41. The van der Waals surface area contributed by atoms with Crippen molar-refractivity contribution in [2.24, 2.45) is 0 Å². The topological polar surface area (TPSA) is 75.6 Å². The second-order valence-corrected chi connectivity index (χ2v) is 5.85. The summed E-state index contributed by atoms with van der Waals surface area (Å²) >= 11 is 6.31. The molecule has 0 bridgehead atoms. The molecule has 24 heavy (non-hydrogen) atoms. The standard InChI is InChI=1S/C17H17ClN6/c1-11-7-12(2)16(14(18)8-11)23-17-22-15(10-21-24-17)20-9-13-3-5-19-6-4-13/h3-8,10H,9H2,1-2H3,(H2,20,22,23,24). The Morgan fingerprint density at radius 1 is 1.12 bits per heavy atom. The molecule has 2 heterocycles. The minimum Gasteiger partial charge on any atom is -0.365 e. The maximum absolute atomic E-state index is 6.31. The van der Waals surface area contributed by atoms with Gasteiger partial charge in [0.1, 0.15) is 0 Å². The number of hydrogen-bond acceptors (Lipinski definition) is 6. The van der Waals surface area contributed by atoms with Gasteiger partial charge < -0.3 is 10.6 Å². The van der Waals surface area contributed by atoms with E-state index in [0.717, 1.165) is 22.4 Å². The summed E-state index contributed by atoms with van der Waals surface area (Å²) in [5, 5.41) is 15.0. The van der Waals surface area contributed by atoms with Crippen LogP contribution in [-0.4, -0.2) is 20.2 Å². The maximum atomic E-state index is 6.31. The number of nitrogens with zero attached hydrogens (tertiary/aromatic N) is 4. The smallest absolute Gasteiger partial charge is 0.249 e. The summed E-state index contributed by atoms with van der Waals surface area (Å²) in [7, 11) is 0. The molecule has 0 atom stereocenters. The highest BCUT2D eigenvalue weighted by Gasteiger charge is 2.08. The van der Waals surface area contributed by atoms with E-state index in [1.54, 1.807) is 18.6 Å². The largest absolute Gasteiger partial charge is 0.365 e. The Balaban J connectivity index is 1.74. The lowest BCUT2D eigenvalue weighted by molar-refractivity contribution is 0.964. The van der Waals surface area contributed by atoms with Crippen LogP contribution in [-0.2, 0) is 6.54 Å². The predicted octanol–water partition coefficient (Wildman–Crippen LogP) is 3.89. The van der Waals surface area contributed by atoms with Crippen LogP contribution in [0, 0.1) is 13.8 Å². The Labute approximate surface area is 145 Å². The molecular formula is C17H17ClN6. The Bertz CT molecular complexity index is 814. The van der Waals surface area contributed by atoms with Crippen LogP contribution < -0.4 is 10.6 Å². The molecule has 7 heteroatoms. The molecule has 0 saturated carbocycles. The molecule has 0 spiro atoms. The van der Waals surface area contributed by atoms with Crippen LogP contribution in [0.5, 0.6) is 0 Å². The molecule has 3 rings (SSSR count). The zero-order valence-electron chi connectivity index (χ0n) is 13.4. The van der Waals surface area contributed by atoms with Gasteiger partial charge in [-0.15, -0.1) is 5.10 Å². The van der Waals surface area contributed by atoms with Crippen molar-refractivity contribution in [2.75, 3.05) is 10.6 Å². The van der Waals surface area contributed by atoms with E-state index in [4.69, 9.17) is 11.6 Å². The summed E-state index contributed by atoms with van der Waals surface area (Å²) in [6.45, 7) is 4.62. The molecule has 0 aliphatic heterocycles. The predicted molar refractivity (Wildman–Crippen MR) is 95.6 cm³/mol. The molecule has 3 aromatic rings. The molecule has 0 amide bonds. The number of anilines is 3. The Kier molecular flexibility index (Phi) is 4.86. The van der Waals surface area contributed by atoms with E-state index >= 15 is 0 Å². The molecule has 122 valence electrons. The van der Waals surface area contributed by atoms with E-state index in [2.05, 4.69) is 30.8 Å². The van der Waals surface area contributed by atoms with Crippen LogP contribution in [0.15, 0.2) is 42.9 Å². The summed E-state index contributed by atoms with van der Waals surface area (Å²) in [5.74, 6) is 1.02. The highest BCUT2D eigenvalue weighted by molar-refractivity contribution is 6.33. The summed E-state index contributed by atoms with van der Waals surface area (Å²) < 4.78 is 0. The number of rotatable bonds is 5. The van der Waals surface area contributed by atoms with Crippen molar-refractivity contribution in [2.45, 2.75) is 20.4 Å². The van der Waals surface area contributed by atoms with E-state index in [0.29, 0.717) is 23.3 Å². The summed E-state index contributed by atoms with van der Waals surface area (Å²) in [6, 6.07) is 7.83. The Hall–Kier alpha value is -2.73. The number of halogens is 1. The first-order chi connectivity index (χ1) is 11.6. The van der Waals surface area contributed by atoms with Crippen LogP contribution in [0.1, 0.15) is 16.7 Å². The number of pyridine rings is 1. The fourth-order valence-electron chi connectivity index (χ4n) is 2.32. The van der Waals surface area contributed by atoms with Crippen LogP contribution in [0.2, 0.25) is 5.02 Å². The van der Waals surface area contributed by atoms with Crippen LogP contribution >= 0.6 is 11.6 Å². The second kappa shape index (κ2) is 7.23. The molecule has 6 nitrogen and oxygen atoms in total. The van der Waals surface area contributed by atoms with Crippen molar-refractivity contribution < 1.29 is 0 Å². The number of nitrogens with one attached hydrogen (secondary N) is 2. The second-order valence-electron chi connectivity index (χ2n) is 5.44. The lowest BCUT2D eigenvalue weighted by atomic mass is 10.1. The number of aromatic nitrogens is 4. The van der Waals surface area contributed by atoms with Gasteiger partial charge in [0, 0.05) is 18.9 Å². The fraction of sp³-hybridized carbons (Fsp3) is 0.176. The first kappa shape index (κ1) is 16.1. The number of hydrogen-bond donors (Lipinski definition) is 2. The lowest BCUT2D eigenvalue weighted by Gasteiger charge is -2.12. The van der Waals surface area contributed by atoms with Crippen LogP contribution in [0.3, 0.4) is 0 Å². The van der Waals surface area contributed by atoms with E-state index in [1.165, 1.54) is 0 Å². The molecule has 0 unspecified atom stereocenters. The summed E-state index contributed by atoms with van der Waals surface area (Å²) in [5.41, 5.74) is 4.03. The zero-order valence-corrected chi connectivity index (χ0v) is 14.2. The van der Waals surface area contributed by atoms with E-state index < -0.39 is 0 Å². The molecule has 0 aliphatic rings. The minimum atomic E-state index is 0.392. The van der Waals surface area contributed by atoms with Gasteiger partial charge in [-0.2, -0.15) is 10.1 Å². The molecule has 2 aromatic heterocycles. The van der Waals surface area contributed by atoms with Crippen molar-refractivity contribution in [1.82, 2.24) is 20.2 Å². The molecule has 0 aliphatic carbocycles. The molecule has 0 fully saturated rings. The third-order valence-corrected chi connectivity index (χ3v) is 3.75. The Morgan fingerprint density at radius 2 is 1.92 bits per heavy atom. The van der Waals surface area contributed by atoms with Gasteiger partial charge in [0.25, 0.3) is 0 Å². The third-order valence-electron chi connectivity index (χ3n) is 3.45. The highest BCUT2D eigenvalue weighted by atomic mass is 35.5. The van der Waals surface area contributed by atoms with Crippen molar-refractivity contribution >= 4 is 29.1 Å². The first-order valence-corrected chi connectivity index (χ1v) is 7.86. The molecule has 1 aromatic carbocycles. The van der Waals surface area contributed by atoms with E-state index in [9.17, 15) is 0 Å². The normalized spacial score (nSPS) is 10.5. The van der Waals surface area contributed by atoms with Gasteiger partial charge >= 0.3 is 0 Å². The van der Waals surface area contributed by atoms with Gasteiger partial charge in [0.05, 0.1) is 16.9 Å². The SMILES string of the molecule is Cc1cc(C)c(Nc2nncc(NCc3ccncc3)n2)c(Cl)c1. The van der Waals surface area contributed by atoms with Crippen LogP contribution in [0.25, 0.3) is 0 Å². The Morgan fingerprint density at radius 3 is 2.67 bits per heavy atom. The first-order valence-electron chi connectivity index (χ1n) is 7.48. The molecule has 2 N–H and O–H groups in total. The third kappa shape index (κ3) is 3.97. The molecule has 0 radical (unpaired) electrons. The number of aryl methyl sites for hydroxylation is 2. The van der Waals surface area contributed by atoms with Gasteiger partial charge in [-0.25, -0.2) is 0 Å². The highest BCUT2D eigenvalue weighted by Crippen LogP contribution is 2.29. The van der Waals surface area contributed by atoms with Crippen molar-refractivity contribution in [3.05, 3.63) is 64.6 Å². The molecule has 0 saturated heterocycles. The average molecular weight is 341 g/mol. The van der Waals surface area contributed by atoms with Crippen molar-refractivity contribution in [1.29, 1.82) is 0 Å². The number of benzene rings is 1. The van der Waals surface area contributed by atoms with Gasteiger partial charge in [-0.1, -0.05) is 17.7 Å². The van der Waals surface area contributed by atoms with Gasteiger partial charge in [0.15, 0.2) is 5.82 Å². The fourth-order valence-corrected chi connectivity index (χ4v) is 2.69. The van der Waals surface area contributed by atoms with Gasteiger partial charge in [-0.3, -0.25) is 4.98 Å². The van der Waals surface area contributed by atoms with Crippen LogP contribution in [0.4, 0.5) is 17.5 Å².